The molecule has 0 bridgehead atoms. The third-order valence-electron chi connectivity index (χ3n) is 2.80. The van der Waals surface area contributed by atoms with Gasteiger partial charge in [0, 0.05) is 18.8 Å². The van der Waals surface area contributed by atoms with Gasteiger partial charge in [-0.15, -0.1) is 0 Å². The lowest BCUT2D eigenvalue weighted by Crippen LogP contribution is -2.03. The zero-order chi connectivity index (χ0) is 14.4. The van der Waals surface area contributed by atoms with E-state index in [4.69, 9.17) is 14.2 Å². The molecule has 6 heteroatoms. The van der Waals surface area contributed by atoms with Gasteiger partial charge in [0.2, 0.25) is 0 Å². The first-order chi connectivity index (χ1) is 9.78. The maximum absolute atomic E-state index is 5.68. The van der Waals surface area contributed by atoms with E-state index in [9.17, 15) is 0 Å². The number of pyridine rings is 1. The van der Waals surface area contributed by atoms with E-state index in [1.165, 1.54) is 0 Å². The normalized spacial score (nSPS) is 10.3. The molecule has 6 nitrogen and oxygen atoms in total. The van der Waals surface area contributed by atoms with E-state index >= 15 is 0 Å². The second-order valence-corrected chi connectivity index (χ2v) is 4.22. The number of hydrogen-bond donors (Lipinski definition) is 0. The maximum Gasteiger partial charge on any atom is 0.185 e. The van der Waals surface area contributed by atoms with Crippen LogP contribution in [0.1, 0.15) is 19.0 Å². The van der Waals surface area contributed by atoms with Crippen molar-refractivity contribution < 1.29 is 14.2 Å². The Bertz CT molecular complexity index is 554. The first-order valence-corrected chi connectivity index (χ1v) is 6.49. The lowest BCUT2D eigenvalue weighted by Gasteiger charge is -2.11. The Kier molecular flexibility index (Phi) is 4.81. The Hall–Kier alpha value is -2.24. The van der Waals surface area contributed by atoms with Crippen molar-refractivity contribution in [1.82, 2.24) is 14.8 Å². The SMILES string of the molecule is CCCn1cc(OCc2nccc(OC)c2OC)cn1. The van der Waals surface area contributed by atoms with E-state index < -0.39 is 0 Å². The Balaban J connectivity index is 2.06. The highest BCUT2D eigenvalue weighted by Crippen LogP contribution is 2.29. The van der Waals surface area contributed by atoms with Gasteiger partial charge >= 0.3 is 0 Å². The summed E-state index contributed by atoms with van der Waals surface area (Å²) in [6.07, 6.45) is 6.27. The molecule has 0 N–H and O–H groups in total. The van der Waals surface area contributed by atoms with Crippen molar-refractivity contribution in [2.45, 2.75) is 26.5 Å². The molecule has 0 saturated carbocycles. The van der Waals surface area contributed by atoms with Crippen LogP contribution in [0.5, 0.6) is 17.2 Å². The molecule has 0 radical (unpaired) electrons. The molecule has 0 unspecified atom stereocenters. The number of ether oxygens (including phenoxy) is 3. The molecular formula is C14H19N3O3. The van der Waals surface area contributed by atoms with Gasteiger partial charge < -0.3 is 14.2 Å². The molecule has 0 aliphatic heterocycles. The van der Waals surface area contributed by atoms with Gasteiger partial charge in [0.1, 0.15) is 12.3 Å². The van der Waals surface area contributed by atoms with Crippen LogP contribution in [0.2, 0.25) is 0 Å². The molecule has 108 valence electrons. The summed E-state index contributed by atoms with van der Waals surface area (Å²) in [7, 11) is 3.18. The Morgan fingerprint density at radius 1 is 1.25 bits per heavy atom. The van der Waals surface area contributed by atoms with E-state index in [-0.39, 0.29) is 0 Å². The van der Waals surface area contributed by atoms with Gasteiger partial charge in [0.05, 0.1) is 26.6 Å². The molecule has 0 atom stereocenters. The lowest BCUT2D eigenvalue weighted by atomic mass is 10.3. The largest absolute Gasteiger partial charge is 0.493 e. The van der Waals surface area contributed by atoms with Crippen molar-refractivity contribution in [2.24, 2.45) is 0 Å². The van der Waals surface area contributed by atoms with Crippen LogP contribution in [0.4, 0.5) is 0 Å². The fraction of sp³-hybridized carbons (Fsp3) is 0.429. The summed E-state index contributed by atoms with van der Waals surface area (Å²) in [5.74, 6) is 1.95. The third kappa shape index (κ3) is 3.20. The second-order valence-electron chi connectivity index (χ2n) is 4.22. The molecule has 20 heavy (non-hydrogen) atoms. The van der Waals surface area contributed by atoms with Crippen LogP contribution in [-0.2, 0) is 13.2 Å². The highest BCUT2D eigenvalue weighted by Gasteiger charge is 2.12. The monoisotopic (exact) mass is 277 g/mol. The fourth-order valence-corrected chi connectivity index (χ4v) is 1.88. The zero-order valence-electron chi connectivity index (χ0n) is 12.0. The van der Waals surface area contributed by atoms with Crippen LogP contribution < -0.4 is 14.2 Å². The van der Waals surface area contributed by atoms with Crippen molar-refractivity contribution in [2.75, 3.05) is 14.2 Å². The molecule has 0 spiro atoms. The summed E-state index contributed by atoms with van der Waals surface area (Å²) in [6.45, 7) is 3.29. The molecule has 2 aromatic heterocycles. The molecule has 0 aromatic carbocycles. The van der Waals surface area contributed by atoms with Crippen molar-refractivity contribution in [1.29, 1.82) is 0 Å². The summed E-state index contributed by atoms with van der Waals surface area (Å²) < 4.78 is 18.1. The number of nitrogens with zero attached hydrogens (tertiary/aromatic N) is 3. The number of rotatable bonds is 7. The maximum atomic E-state index is 5.68. The quantitative estimate of drug-likeness (QED) is 0.777. The van der Waals surface area contributed by atoms with Crippen LogP contribution in [-0.4, -0.2) is 29.0 Å². The smallest absolute Gasteiger partial charge is 0.185 e. The molecule has 2 aromatic rings. The minimum absolute atomic E-state index is 0.304. The topological polar surface area (TPSA) is 58.4 Å². The molecule has 2 rings (SSSR count). The first kappa shape index (κ1) is 14.2. The van der Waals surface area contributed by atoms with Crippen LogP contribution in [0, 0.1) is 0 Å². The van der Waals surface area contributed by atoms with Gasteiger partial charge in [-0.05, 0) is 6.42 Å². The number of hydrogen-bond acceptors (Lipinski definition) is 5. The average molecular weight is 277 g/mol. The predicted octanol–water partition coefficient (Wildman–Crippen LogP) is 2.28. The Labute approximate surface area is 118 Å². The minimum atomic E-state index is 0.304. The van der Waals surface area contributed by atoms with E-state index in [1.54, 1.807) is 32.7 Å². The minimum Gasteiger partial charge on any atom is -0.493 e. The Morgan fingerprint density at radius 2 is 2.10 bits per heavy atom. The second kappa shape index (κ2) is 6.79. The number of aromatic nitrogens is 3. The molecule has 0 saturated heterocycles. The predicted molar refractivity (Wildman–Crippen MR) is 74.2 cm³/mol. The number of methoxy groups -OCH3 is 2. The number of aryl methyl sites for hydroxylation is 1. The highest BCUT2D eigenvalue weighted by atomic mass is 16.5. The van der Waals surface area contributed by atoms with Crippen LogP contribution >= 0.6 is 0 Å². The molecule has 0 fully saturated rings. The standard InChI is InChI=1S/C14H19N3O3/c1-4-7-17-9-11(8-16-17)20-10-12-14(19-3)13(18-2)5-6-15-12/h5-6,8-9H,4,7,10H2,1-3H3. The van der Waals surface area contributed by atoms with Crippen molar-refractivity contribution >= 4 is 0 Å². The van der Waals surface area contributed by atoms with Crippen molar-refractivity contribution in [3.05, 3.63) is 30.4 Å². The van der Waals surface area contributed by atoms with Crippen LogP contribution in [0.25, 0.3) is 0 Å². The third-order valence-corrected chi connectivity index (χ3v) is 2.80. The average Bonchev–Trinajstić information content (AvgIpc) is 2.92. The summed E-state index contributed by atoms with van der Waals surface area (Å²) in [6, 6.07) is 1.75. The molecule has 0 aliphatic carbocycles. The van der Waals surface area contributed by atoms with Crippen molar-refractivity contribution in [3.63, 3.8) is 0 Å². The van der Waals surface area contributed by atoms with Crippen LogP contribution in [0.3, 0.4) is 0 Å². The molecule has 2 heterocycles. The van der Waals surface area contributed by atoms with Gasteiger partial charge in [-0.2, -0.15) is 5.10 Å². The van der Waals surface area contributed by atoms with Crippen LogP contribution in [0.15, 0.2) is 24.7 Å². The first-order valence-electron chi connectivity index (χ1n) is 6.49. The summed E-state index contributed by atoms with van der Waals surface area (Å²) in [4.78, 5) is 4.26. The summed E-state index contributed by atoms with van der Waals surface area (Å²) in [5.41, 5.74) is 0.690. The zero-order valence-corrected chi connectivity index (χ0v) is 12.0. The molecule has 0 amide bonds. The fourth-order valence-electron chi connectivity index (χ4n) is 1.88. The van der Waals surface area contributed by atoms with Gasteiger partial charge in [-0.1, -0.05) is 6.92 Å². The Morgan fingerprint density at radius 3 is 2.80 bits per heavy atom. The lowest BCUT2D eigenvalue weighted by molar-refractivity contribution is 0.284. The van der Waals surface area contributed by atoms with Crippen molar-refractivity contribution in [3.8, 4) is 17.2 Å². The van der Waals surface area contributed by atoms with Gasteiger partial charge in [-0.25, -0.2) is 0 Å². The molecule has 0 aliphatic rings. The van der Waals surface area contributed by atoms with Gasteiger partial charge in [-0.3, -0.25) is 9.67 Å². The van der Waals surface area contributed by atoms with E-state index in [0.717, 1.165) is 13.0 Å². The van der Waals surface area contributed by atoms with Gasteiger partial charge in [0.25, 0.3) is 0 Å². The van der Waals surface area contributed by atoms with Gasteiger partial charge in [0.15, 0.2) is 17.2 Å². The molecular weight excluding hydrogens is 258 g/mol. The van der Waals surface area contributed by atoms with E-state index in [0.29, 0.717) is 29.5 Å². The van der Waals surface area contributed by atoms with E-state index in [2.05, 4.69) is 17.0 Å². The van der Waals surface area contributed by atoms with E-state index in [1.807, 2.05) is 10.9 Å². The summed E-state index contributed by atoms with van der Waals surface area (Å²) >= 11 is 0. The summed E-state index contributed by atoms with van der Waals surface area (Å²) in [5, 5.41) is 4.21. The highest BCUT2D eigenvalue weighted by molar-refractivity contribution is 5.42.